The van der Waals surface area contributed by atoms with Gasteiger partial charge in [-0.3, -0.25) is 4.98 Å². The number of carboxylic acids is 1. The second kappa shape index (κ2) is 8.33. The van der Waals surface area contributed by atoms with Crippen LogP contribution in [-0.2, 0) is 6.54 Å². The van der Waals surface area contributed by atoms with Crippen molar-refractivity contribution in [1.29, 1.82) is 0 Å². The molecule has 5 heteroatoms. The molecule has 0 unspecified atom stereocenters. The number of nitrogens with zero attached hydrogens (tertiary/aromatic N) is 1. The van der Waals surface area contributed by atoms with E-state index in [0.29, 0.717) is 23.7 Å². The number of rotatable bonds is 8. The highest BCUT2D eigenvalue weighted by molar-refractivity contribution is 5.93. The molecule has 0 bridgehead atoms. The summed E-state index contributed by atoms with van der Waals surface area (Å²) in [6.07, 6.45) is 7.90. The third-order valence-corrected chi connectivity index (χ3v) is 3.18. The molecule has 0 radical (unpaired) electrons. The number of nitrogens with one attached hydrogen (secondary N) is 1. The fraction of sp³-hybridized carbons (Fsp3) is 0.0526. The lowest BCUT2D eigenvalue weighted by Gasteiger charge is -2.10. The quantitative estimate of drug-likeness (QED) is 0.567. The molecule has 5 nitrogen and oxygen atoms in total. The van der Waals surface area contributed by atoms with E-state index in [-0.39, 0.29) is 5.56 Å². The van der Waals surface area contributed by atoms with Crippen molar-refractivity contribution in [2.24, 2.45) is 0 Å². The average molecular weight is 322 g/mol. The van der Waals surface area contributed by atoms with Crippen LogP contribution in [0.25, 0.3) is 0 Å². The van der Waals surface area contributed by atoms with Crippen LogP contribution < -0.4 is 10.1 Å². The molecular weight excluding hydrogens is 304 g/mol. The van der Waals surface area contributed by atoms with Crippen molar-refractivity contribution < 1.29 is 14.6 Å². The topological polar surface area (TPSA) is 71.5 Å². The summed E-state index contributed by atoms with van der Waals surface area (Å²) >= 11 is 0. The van der Waals surface area contributed by atoms with Gasteiger partial charge in [-0.1, -0.05) is 31.4 Å². The van der Waals surface area contributed by atoms with Crippen LogP contribution in [0.15, 0.2) is 79.9 Å². The lowest BCUT2D eigenvalue weighted by atomic mass is 10.2. The number of ether oxygens (including phenoxy) is 1. The van der Waals surface area contributed by atoms with E-state index in [0.717, 1.165) is 5.56 Å². The molecular formula is C19H18N2O3. The molecule has 24 heavy (non-hydrogen) atoms. The lowest BCUT2D eigenvalue weighted by molar-refractivity contribution is 0.0698. The summed E-state index contributed by atoms with van der Waals surface area (Å²) in [7, 11) is 0. The third kappa shape index (κ3) is 4.58. The van der Waals surface area contributed by atoms with Gasteiger partial charge in [-0.2, -0.15) is 0 Å². The highest BCUT2D eigenvalue weighted by Gasteiger charge is 2.09. The molecule has 0 spiro atoms. The number of carbonyl (C=O) groups is 1. The van der Waals surface area contributed by atoms with Gasteiger partial charge in [-0.05, 0) is 35.9 Å². The number of pyridine rings is 1. The van der Waals surface area contributed by atoms with Crippen LogP contribution in [0.2, 0.25) is 0 Å². The Morgan fingerprint density at radius 2 is 2.00 bits per heavy atom. The monoisotopic (exact) mass is 322 g/mol. The van der Waals surface area contributed by atoms with Crippen molar-refractivity contribution in [2.75, 3.05) is 5.32 Å². The minimum atomic E-state index is -0.991. The highest BCUT2D eigenvalue weighted by atomic mass is 16.5. The second-order valence-corrected chi connectivity index (χ2v) is 4.83. The zero-order valence-corrected chi connectivity index (χ0v) is 13.1. The maximum atomic E-state index is 11.2. The maximum absolute atomic E-state index is 11.2. The summed E-state index contributed by atoms with van der Waals surface area (Å²) in [5.74, 6) is 0.297. The van der Waals surface area contributed by atoms with Gasteiger partial charge in [-0.25, -0.2) is 4.79 Å². The van der Waals surface area contributed by atoms with Gasteiger partial charge >= 0.3 is 5.97 Å². The summed E-state index contributed by atoms with van der Waals surface area (Å²) in [6.45, 7) is 7.77. The molecule has 0 amide bonds. The Balaban J connectivity index is 2.02. The minimum Gasteiger partial charge on any atom is -0.478 e. The van der Waals surface area contributed by atoms with Crippen LogP contribution in [0.3, 0.4) is 0 Å². The molecule has 1 aromatic carbocycles. The first-order valence-corrected chi connectivity index (χ1v) is 7.27. The largest absolute Gasteiger partial charge is 0.478 e. The maximum Gasteiger partial charge on any atom is 0.337 e. The fourth-order valence-corrected chi connectivity index (χ4v) is 1.99. The van der Waals surface area contributed by atoms with Gasteiger partial charge in [0.05, 0.1) is 17.4 Å². The zero-order chi connectivity index (χ0) is 17.4. The van der Waals surface area contributed by atoms with Gasteiger partial charge in [0.15, 0.2) is 0 Å². The summed E-state index contributed by atoms with van der Waals surface area (Å²) in [4.78, 5) is 15.1. The van der Waals surface area contributed by atoms with Crippen LogP contribution >= 0.6 is 0 Å². The van der Waals surface area contributed by atoms with Gasteiger partial charge in [-0.15, -0.1) is 0 Å². The first-order valence-electron chi connectivity index (χ1n) is 7.27. The Bertz CT molecular complexity index is 764. The van der Waals surface area contributed by atoms with E-state index in [1.165, 1.54) is 18.5 Å². The van der Waals surface area contributed by atoms with Crippen LogP contribution in [0.1, 0.15) is 15.9 Å². The van der Waals surface area contributed by atoms with Crippen molar-refractivity contribution in [1.82, 2.24) is 4.98 Å². The summed E-state index contributed by atoms with van der Waals surface area (Å²) in [6, 6.07) is 8.92. The molecule has 0 saturated heterocycles. The summed E-state index contributed by atoms with van der Waals surface area (Å²) in [5.41, 5.74) is 1.65. The van der Waals surface area contributed by atoms with Gasteiger partial charge in [0.1, 0.15) is 11.5 Å². The first-order chi connectivity index (χ1) is 11.6. The number of hydrogen-bond donors (Lipinski definition) is 2. The number of hydrogen-bond acceptors (Lipinski definition) is 4. The zero-order valence-electron chi connectivity index (χ0n) is 13.1. The van der Waals surface area contributed by atoms with Crippen molar-refractivity contribution in [2.45, 2.75) is 6.54 Å². The van der Waals surface area contributed by atoms with Gasteiger partial charge < -0.3 is 15.2 Å². The molecule has 0 aliphatic heterocycles. The molecule has 2 aromatic rings. The smallest absolute Gasteiger partial charge is 0.337 e. The Labute approximate surface area is 140 Å². The SMILES string of the molecule is C=C/C=C(\C=C)Oc1ccc(CNc2cnccc2C(=O)O)cc1. The van der Waals surface area contributed by atoms with Crippen LogP contribution in [-0.4, -0.2) is 16.1 Å². The number of carboxylic acid groups (broad SMARTS) is 1. The van der Waals surface area contributed by atoms with Crippen LogP contribution in [0.5, 0.6) is 5.75 Å². The number of benzene rings is 1. The van der Waals surface area contributed by atoms with E-state index in [1.54, 1.807) is 18.2 Å². The van der Waals surface area contributed by atoms with Crippen LogP contribution in [0.4, 0.5) is 5.69 Å². The highest BCUT2D eigenvalue weighted by Crippen LogP contribution is 2.18. The first kappa shape index (κ1) is 17.0. The van der Waals surface area contributed by atoms with Crippen molar-refractivity contribution >= 4 is 11.7 Å². The average Bonchev–Trinajstić information content (AvgIpc) is 2.60. The van der Waals surface area contributed by atoms with E-state index in [9.17, 15) is 4.79 Å². The molecule has 122 valence electrons. The molecule has 2 rings (SSSR count). The Kier molecular flexibility index (Phi) is 5.91. The standard InChI is InChI=1S/C19H18N2O3/c1-3-5-15(4-2)24-16-8-6-14(7-9-16)12-21-18-13-20-11-10-17(18)19(22)23/h3-11,13,21H,1-2,12H2,(H,22,23)/b15-5+. The predicted molar refractivity (Wildman–Crippen MR) is 94.1 cm³/mol. The molecule has 1 aromatic heterocycles. The molecule has 2 N–H and O–H groups in total. The van der Waals surface area contributed by atoms with Gasteiger partial charge in [0, 0.05) is 12.7 Å². The molecule has 0 aliphatic rings. The van der Waals surface area contributed by atoms with E-state index in [1.807, 2.05) is 24.3 Å². The Hall–Kier alpha value is -3.34. The Morgan fingerprint density at radius 3 is 2.62 bits per heavy atom. The molecule has 1 heterocycles. The van der Waals surface area contributed by atoms with Crippen molar-refractivity contribution in [3.05, 3.63) is 91.0 Å². The van der Waals surface area contributed by atoms with Crippen molar-refractivity contribution in [3.63, 3.8) is 0 Å². The number of allylic oxidation sites excluding steroid dienone is 3. The number of aromatic carboxylic acids is 1. The normalized spacial score (nSPS) is 10.8. The molecule has 0 fully saturated rings. The van der Waals surface area contributed by atoms with Gasteiger partial charge in [0.25, 0.3) is 0 Å². The lowest BCUT2D eigenvalue weighted by Crippen LogP contribution is -2.06. The molecule has 0 aliphatic carbocycles. The predicted octanol–water partition coefficient (Wildman–Crippen LogP) is 4.03. The van der Waals surface area contributed by atoms with E-state index < -0.39 is 5.97 Å². The fourth-order valence-electron chi connectivity index (χ4n) is 1.99. The van der Waals surface area contributed by atoms with Crippen molar-refractivity contribution in [3.8, 4) is 5.75 Å². The van der Waals surface area contributed by atoms with Crippen LogP contribution in [0, 0.1) is 0 Å². The van der Waals surface area contributed by atoms with Gasteiger partial charge in [0.2, 0.25) is 0 Å². The second-order valence-electron chi connectivity index (χ2n) is 4.83. The molecule has 0 atom stereocenters. The number of anilines is 1. The third-order valence-electron chi connectivity index (χ3n) is 3.18. The van der Waals surface area contributed by atoms with E-state index >= 15 is 0 Å². The minimum absolute atomic E-state index is 0.190. The summed E-state index contributed by atoms with van der Waals surface area (Å²) in [5, 5.41) is 12.2. The number of aromatic nitrogens is 1. The Morgan fingerprint density at radius 1 is 1.25 bits per heavy atom. The van der Waals surface area contributed by atoms with E-state index in [2.05, 4.69) is 23.5 Å². The summed E-state index contributed by atoms with van der Waals surface area (Å²) < 4.78 is 5.64. The van der Waals surface area contributed by atoms with E-state index in [4.69, 9.17) is 9.84 Å². The molecule has 0 saturated carbocycles.